The number of rotatable bonds is 6. The van der Waals surface area contributed by atoms with E-state index in [9.17, 15) is 4.79 Å². The van der Waals surface area contributed by atoms with Crippen molar-refractivity contribution in [3.8, 4) is 0 Å². The van der Waals surface area contributed by atoms with E-state index in [0.717, 1.165) is 17.8 Å². The fourth-order valence-corrected chi connectivity index (χ4v) is 1.89. The Bertz CT molecular complexity index is 388. The molecule has 0 aliphatic carbocycles. The average Bonchev–Trinajstić information content (AvgIpc) is 2.35. The zero-order valence-electron chi connectivity index (χ0n) is 11.8. The topological polar surface area (TPSA) is 41.1 Å². The van der Waals surface area contributed by atoms with Gasteiger partial charge < -0.3 is 10.6 Å². The third-order valence-corrected chi connectivity index (χ3v) is 3.06. The lowest BCUT2D eigenvalue weighted by Crippen LogP contribution is -2.24. The Kier molecular flexibility index (Phi) is 5.69. The highest BCUT2D eigenvalue weighted by atomic mass is 16.1. The van der Waals surface area contributed by atoms with Gasteiger partial charge in [0.15, 0.2) is 0 Å². The van der Waals surface area contributed by atoms with Crippen LogP contribution in [-0.4, -0.2) is 11.9 Å². The van der Waals surface area contributed by atoms with Gasteiger partial charge in [0.2, 0.25) is 5.91 Å². The van der Waals surface area contributed by atoms with Crippen LogP contribution in [0.4, 0.5) is 11.4 Å². The quantitative estimate of drug-likeness (QED) is 0.802. The molecule has 0 aliphatic rings. The van der Waals surface area contributed by atoms with Gasteiger partial charge in [-0.2, -0.15) is 0 Å². The zero-order chi connectivity index (χ0) is 13.5. The van der Waals surface area contributed by atoms with Crippen LogP contribution in [0.15, 0.2) is 24.3 Å². The molecule has 0 fully saturated rings. The number of amides is 1. The molecule has 1 amide bonds. The number of nitrogens with one attached hydrogen (secondary N) is 2. The van der Waals surface area contributed by atoms with Crippen molar-refractivity contribution in [2.24, 2.45) is 5.92 Å². The van der Waals surface area contributed by atoms with Crippen molar-refractivity contribution in [3.63, 3.8) is 0 Å². The number of anilines is 2. The van der Waals surface area contributed by atoms with E-state index in [0.29, 0.717) is 18.4 Å². The Labute approximate surface area is 110 Å². The van der Waals surface area contributed by atoms with E-state index in [4.69, 9.17) is 0 Å². The van der Waals surface area contributed by atoms with Gasteiger partial charge in [-0.3, -0.25) is 4.79 Å². The molecule has 0 bridgehead atoms. The lowest BCUT2D eigenvalue weighted by molar-refractivity contribution is -0.115. The summed E-state index contributed by atoms with van der Waals surface area (Å²) in [4.78, 5) is 11.3. The highest BCUT2D eigenvalue weighted by Gasteiger charge is 2.10. The summed E-state index contributed by atoms with van der Waals surface area (Å²) in [6.45, 7) is 8.46. The molecule has 1 unspecified atom stereocenters. The van der Waals surface area contributed by atoms with Crippen molar-refractivity contribution in [2.45, 2.75) is 46.6 Å². The average molecular weight is 248 g/mol. The first-order valence-electron chi connectivity index (χ1n) is 6.73. The minimum Gasteiger partial charge on any atom is -0.382 e. The molecule has 18 heavy (non-hydrogen) atoms. The third-order valence-electron chi connectivity index (χ3n) is 3.06. The maximum absolute atomic E-state index is 11.3. The predicted molar refractivity (Wildman–Crippen MR) is 77.9 cm³/mol. The molecule has 0 aromatic heterocycles. The SMILES string of the molecule is CCC(=O)Nc1cccc(NC(CC)C(C)C)c1. The van der Waals surface area contributed by atoms with Crippen molar-refractivity contribution >= 4 is 17.3 Å². The third kappa shape index (κ3) is 4.40. The molecular formula is C15H24N2O. The smallest absolute Gasteiger partial charge is 0.224 e. The molecule has 0 aliphatic heterocycles. The molecule has 1 aromatic carbocycles. The van der Waals surface area contributed by atoms with Crippen LogP contribution in [0.3, 0.4) is 0 Å². The molecule has 3 heteroatoms. The Morgan fingerprint density at radius 3 is 2.44 bits per heavy atom. The minimum absolute atomic E-state index is 0.0445. The molecule has 1 aromatic rings. The summed E-state index contributed by atoms with van der Waals surface area (Å²) in [5.41, 5.74) is 1.91. The first-order chi connectivity index (χ1) is 8.56. The van der Waals surface area contributed by atoms with Crippen LogP contribution in [0.2, 0.25) is 0 Å². The fourth-order valence-electron chi connectivity index (χ4n) is 1.89. The summed E-state index contributed by atoms with van der Waals surface area (Å²) in [6.07, 6.45) is 1.59. The van der Waals surface area contributed by atoms with Crippen LogP contribution in [0.25, 0.3) is 0 Å². The van der Waals surface area contributed by atoms with E-state index in [1.165, 1.54) is 0 Å². The van der Waals surface area contributed by atoms with Crippen LogP contribution in [0.1, 0.15) is 40.5 Å². The zero-order valence-corrected chi connectivity index (χ0v) is 11.8. The number of hydrogen-bond acceptors (Lipinski definition) is 2. The van der Waals surface area contributed by atoms with Crippen LogP contribution in [-0.2, 0) is 4.79 Å². The van der Waals surface area contributed by atoms with E-state index in [1.807, 2.05) is 31.2 Å². The summed E-state index contributed by atoms with van der Waals surface area (Å²) < 4.78 is 0. The largest absolute Gasteiger partial charge is 0.382 e. The van der Waals surface area contributed by atoms with Crippen molar-refractivity contribution in [1.29, 1.82) is 0 Å². The standard InChI is InChI=1S/C15H24N2O/c1-5-14(11(3)4)16-12-8-7-9-13(10-12)17-15(18)6-2/h7-11,14,16H,5-6H2,1-4H3,(H,17,18). The normalized spacial score (nSPS) is 12.3. The summed E-state index contributed by atoms with van der Waals surface area (Å²) in [5.74, 6) is 0.631. The van der Waals surface area contributed by atoms with Crippen LogP contribution >= 0.6 is 0 Å². The van der Waals surface area contributed by atoms with Gasteiger partial charge in [0.1, 0.15) is 0 Å². The van der Waals surface area contributed by atoms with Gasteiger partial charge in [0.05, 0.1) is 0 Å². The van der Waals surface area contributed by atoms with E-state index < -0.39 is 0 Å². The summed E-state index contributed by atoms with van der Waals surface area (Å²) in [7, 11) is 0. The Morgan fingerprint density at radius 2 is 1.89 bits per heavy atom. The molecule has 100 valence electrons. The first-order valence-corrected chi connectivity index (χ1v) is 6.73. The summed E-state index contributed by atoms with van der Waals surface area (Å²) in [5, 5.41) is 6.38. The molecular weight excluding hydrogens is 224 g/mol. The van der Waals surface area contributed by atoms with Gasteiger partial charge in [0, 0.05) is 23.8 Å². The van der Waals surface area contributed by atoms with Crippen molar-refractivity contribution in [1.82, 2.24) is 0 Å². The summed E-state index contributed by atoms with van der Waals surface area (Å²) >= 11 is 0. The summed E-state index contributed by atoms with van der Waals surface area (Å²) in [6, 6.07) is 8.35. The lowest BCUT2D eigenvalue weighted by atomic mass is 10.0. The Morgan fingerprint density at radius 1 is 1.22 bits per heavy atom. The number of benzene rings is 1. The van der Waals surface area contributed by atoms with Crippen molar-refractivity contribution in [3.05, 3.63) is 24.3 Å². The molecule has 0 radical (unpaired) electrons. The van der Waals surface area contributed by atoms with Gasteiger partial charge in [-0.15, -0.1) is 0 Å². The van der Waals surface area contributed by atoms with Gasteiger partial charge in [-0.1, -0.05) is 33.8 Å². The molecule has 1 rings (SSSR count). The van der Waals surface area contributed by atoms with Crippen LogP contribution in [0, 0.1) is 5.92 Å². The van der Waals surface area contributed by atoms with Gasteiger partial charge in [0.25, 0.3) is 0 Å². The van der Waals surface area contributed by atoms with Crippen LogP contribution < -0.4 is 10.6 Å². The lowest BCUT2D eigenvalue weighted by Gasteiger charge is -2.22. The van der Waals surface area contributed by atoms with Gasteiger partial charge in [-0.25, -0.2) is 0 Å². The van der Waals surface area contributed by atoms with Crippen LogP contribution in [0.5, 0.6) is 0 Å². The fraction of sp³-hybridized carbons (Fsp3) is 0.533. The van der Waals surface area contributed by atoms with Gasteiger partial charge in [-0.05, 0) is 30.5 Å². The highest BCUT2D eigenvalue weighted by molar-refractivity contribution is 5.90. The second-order valence-corrected chi connectivity index (χ2v) is 4.89. The van der Waals surface area contributed by atoms with Gasteiger partial charge >= 0.3 is 0 Å². The first kappa shape index (κ1) is 14.6. The molecule has 2 N–H and O–H groups in total. The molecule has 1 atom stereocenters. The van der Waals surface area contributed by atoms with E-state index in [-0.39, 0.29) is 5.91 Å². The van der Waals surface area contributed by atoms with Crippen molar-refractivity contribution < 1.29 is 4.79 Å². The molecule has 0 heterocycles. The van der Waals surface area contributed by atoms with E-state index in [2.05, 4.69) is 31.4 Å². The highest BCUT2D eigenvalue weighted by Crippen LogP contribution is 2.19. The number of hydrogen-bond donors (Lipinski definition) is 2. The molecule has 0 saturated heterocycles. The second kappa shape index (κ2) is 7.04. The monoisotopic (exact) mass is 248 g/mol. The maximum Gasteiger partial charge on any atom is 0.224 e. The maximum atomic E-state index is 11.3. The van der Waals surface area contributed by atoms with E-state index in [1.54, 1.807) is 0 Å². The molecule has 0 saturated carbocycles. The number of carbonyl (C=O) groups excluding carboxylic acids is 1. The molecule has 0 spiro atoms. The van der Waals surface area contributed by atoms with Crippen molar-refractivity contribution in [2.75, 3.05) is 10.6 Å². The van der Waals surface area contributed by atoms with E-state index >= 15 is 0 Å². The second-order valence-electron chi connectivity index (χ2n) is 4.89. The number of carbonyl (C=O) groups is 1. The minimum atomic E-state index is 0.0445. The molecule has 3 nitrogen and oxygen atoms in total. The Hall–Kier alpha value is -1.51. The predicted octanol–water partition coefficient (Wildman–Crippen LogP) is 3.88. The Balaban J connectivity index is 2.72.